The van der Waals surface area contributed by atoms with E-state index in [0.717, 1.165) is 61.1 Å². The molecule has 7 heteroatoms. The minimum absolute atomic E-state index is 0.164. The monoisotopic (exact) mass is 682 g/mol. The first-order valence-corrected chi connectivity index (χ1v) is 17.2. The van der Waals surface area contributed by atoms with Crippen LogP contribution in [-0.4, -0.2) is 36.6 Å². The van der Waals surface area contributed by atoms with Crippen LogP contribution in [0.25, 0.3) is 79.1 Å². The number of pyridine rings is 1. The molecule has 2 N–H and O–H groups in total. The van der Waals surface area contributed by atoms with Crippen LogP contribution in [0.1, 0.15) is 16.7 Å². The fraction of sp³-hybridized carbons (Fsp3) is 0. The second-order valence-corrected chi connectivity index (χ2v) is 12.7. The third-order valence-corrected chi connectivity index (χ3v) is 9.48. The highest BCUT2D eigenvalue weighted by Gasteiger charge is 2.29. The summed E-state index contributed by atoms with van der Waals surface area (Å²) in [6.45, 7) is 0. The molecule has 7 nitrogen and oxygen atoms in total. The van der Waals surface area contributed by atoms with Gasteiger partial charge in [-0.2, -0.15) is 0 Å². The standard InChI is InChI=1S/C46H30N6O/c47-41-37(31-12-4-1-5-13-31)28-38-40(43(41)52-53)36-18-10-11-19-39(36)48-42(38)32-24-20-29(21-25-32)30-22-26-35(27-23-30)46-50-44(33-14-6-2-7-15-33)49-45(51-46)34-16-8-3-9-17-34/h1-28,47,53H/b47-41?,52-43-. The lowest BCUT2D eigenvalue weighted by Crippen LogP contribution is -2.22. The number of oxime groups is 1. The van der Waals surface area contributed by atoms with E-state index in [2.05, 4.69) is 41.6 Å². The van der Waals surface area contributed by atoms with Gasteiger partial charge in [0.15, 0.2) is 17.5 Å². The predicted octanol–water partition coefficient (Wildman–Crippen LogP) is 10.5. The van der Waals surface area contributed by atoms with Crippen LogP contribution in [0.5, 0.6) is 0 Å². The number of fused-ring (bicyclic) bond motifs is 3. The molecule has 9 rings (SSSR count). The average molecular weight is 683 g/mol. The SMILES string of the molecule is N=C1C(c2ccccc2)=Cc2c(-c3ccc(-c4ccc(-c5nc(-c6ccccc6)nc(-c6ccccc6)n5)cc4)cc3)nc3ccccc3c2/C1=N/O. The molecule has 0 spiro atoms. The Kier molecular flexibility index (Phi) is 7.98. The van der Waals surface area contributed by atoms with Gasteiger partial charge >= 0.3 is 0 Å². The summed E-state index contributed by atoms with van der Waals surface area (Å²) in [7, 11) is 0. The number of nitrogens with one attached hydrogen (secondary N) is 1. The van der Waals surface area contributed by atoms with Crippen molar-refractivity contribution >= 4 is 34.0 Å². The molecular weight excluding hydrogens is 653 g/mol. The van der Waals surface area contributed by atoms with Crippen molar-refractivity contribution in [2.45, 2.75) is 0 Å². The Balaban J connectivity index is 1.09. The number of hydrogen-bond donors (Lipinski definition) is 2. The molecule has 0 unspecified atom stereocenters. The highest BCUT2D eigenvalue weighted by molar-refractivity contribution is 6.65. The number of nitrogens with zero attached hydrogens (tertiary/aromatic N) is 5. The summed E-state index contributed by atoms with van der Waals surface area (Å²) >= 11 is 0. The lowest BCUT2D eigenvalue weighted by atomic mass is 9.82. The molecule has 0 bridgehead atoms. The van der Waals surface area contributed by atoms with Crippen molar-refractivity contribution in [2.75, 3.05) is 0 Å². The Morgan fingerprint density at radius 3 is 1.40 bits per heavy atom. The number of hydrogen-bond acceptors (Lipinski definition) is 7. The number of benzene rings is 6. The zero-order valence-electron chi connectivity index (χ0n) is 28.3. The van der Waals surface area contributed by atoms with Gasteiger partial charge in [-0.15, -0.1) is 0 Å². The molecule has 0 aliphatic heterocycles. The molecule has 2 aromatic heterocycles. The first-order valence-electron chi connectivity index (χ1n) is 17.2. The third kappa shape index (κ3) is 5.86. The normalized spacial score (nSPS) is 13.2. The van der Waals surface area contributed by atoms with Crippen molar-refractivity contribution in [3.8, 4) is 56.5 Å². The van der Waals surface area contributed by atoms with Crippen LogP contribution in [0.2, 0.25) is 0 Å². The van der Waals surface area contributed by atoms with Gasteiger partial charge in [-0.3, -0.25) is 5.41 Å². The van der Waals surface area contributed by atoms with E-state index in [4.69, 9.17) is 25.3 Å². The topological polar surface area (TPSA) is 108 Å². The van der Waals surface area contributed by atoms with Gasteiger partial charge in [0.1, 0.15) is 5.71 Å². The van der Waals surface area contributed by atoms with Crippen LogP contribution >= 0.6 is 0 Å². The van der Waals surface area contributed by atoms with Crippen molar-refractivity contribution in [2.24, 2.45) is 5.16 Å². The summed E-state index contributed by atoms with van der Waals surface area (Å²) in [6, 6.07) is 54.0. The van der Waals surface area contributed by atoms with Crippen LogP contribution in [-0.2, 0) is 0 Å². The Morgan fingerprint density at radius 1 is 0.434 bits per heavy atom. The number of aromatic nitrogens is 4. The van der Waals surface area contributed by atoms with Gasteiger partial charge in [0.25, 0.3) is 0 Å². The zero-order chi connectivity index (χ0) is 35.7. The maximum absolute atomic E-state index is 10.3. The van der Waals surface area contributed by atoms with Crippen LogP contribution < -0.4 is 0 Å². The highest BCUT2D eigenvalue weighted by atomic mass is 16.4. The second-order valence-electron chi connectivity index (χ2n) is 12.7. The van der Waals surface area contributed by atoms with Crippen LogP contribution in [0.15, 0.2) is 169 Å². The molecule has 53 heavy (non-hydrogen) atoms. The van der Waals surface area contributed by atoms with E-state index in [1.165, 1.54) is 0 Å². The molecule has 0 amide bonds. The van der Waals surface area contributed by atoms with E-state index < -0.39 is 0 Å². The van der Waals surface area contributed by atoms with E-state index >= 15 is 0 Å². The molecule has 0 saturated heterocycles. The minimum atomic E-state index is 0.164. The molecule has 2 heterocycles. The summed E-state index contributed by atoms with van der Waals surface area (Å²) in [5.74, 6) is 1.85. The second kappa shape index (κ2) is 13.4. The Hall–Kier alpha value is -7.38. The molecule has 1 aliphatic rings. The molecule has 0 radical (unpaired) electrons. The summed E-state index contributed by atoms with van der Waals surface area (Å²) in [4.78, 5) is 19.7. The number of rotatable bonds is 6. The van der Waals surface area contributed by atoms with Crippen LogP contribution in [0, 0.1) is 5.41 Å². The molecule has 0 atom stereocenters. The van der Waals surface area contributed by atoms with Gasteiger partial charge in [0, 0.05) is 44.3 Å². The number of para-hydroxylation sites is 1. The molecule has 8 aromatic rings. The van der Waals surface area contributed by atoms with E-state index in [1.807, 2.05) is 133 Å². The summed E-state index contributed by atoms with van der Waals surface area (Å²) in [6.07, 6.45) is 2.00. The Morgan fingerprint density at radius 2 is 0.868 bits per heavy atom. The van der Waals surface area contributed by atoms with Crippen LogP contribution in [0.3, 0.4) is 0 Å². The largest absolute Gasteiger partial charge is 0.410 e. The van der Waals surface area contributed by atoms with E-state index in [-0.39, 0.29) is 11.4 Å². The minimum Gasteiger partial charge on any atom is -0.410 e. The first kappa shape index (κ1) is 31.6. The number of allylic oxidation sites excluding steroid dienone is 1. The maximum atomic E-state index is 10.3. The lowest BCUT2D eigenvalue weighted by Gasteiger charge is -2.23. The first-order chi connectivity index (χ1) is 26.1. The quantitative estimate of drug-likeness (QED) is 0.134. The maximum Gasteiger partial charge on any atom is 0.164 e. The van der Waals surface area contributed by atoms with Crippen molar-refractivity contribution < 1.29 is 5.21 Å². The van der Waals surface area contributed by atoms with Gasteiger partial charge in [0.05, 0.1) is 16.9 Å². The van der Waals surface area contributed by atoms with Gasteiger partial charge in [0.2, 0.25) is 0 Å². The van der Waals surface area contributed by atoms with E-state index in [9.17, 15) is 5.21 Å². The summed E-state index contributed by atoms with van der Waals surface area (Å²) in [5, 5.41) is 23.8. The van der Waals surface area contributed by atoms with Gasteiger partial charge < -0.3 is 5.21 Å². The Bertz CT molecular complexity index is 2650. The Labute approximate surface area is 305 Å². The van der Waals surface area contributed by atoms with Gasteiger partial charge in [-0.05, 0) is 28.8 Å². The fourth-order valence-corrected chi connectivity index (χ4v) is 6.83. The van der Waals surface area contributed by atoms with E-state index in [1.54, 1.807) is 0 Å². The molecular formula is C46H30N6O. The molecule has 6 aromatic carbocycles. The average Bonchev–Trinajstić information content (AvgIpc) is 3.24. The van der Waals surface area contributed by atoms with Gasteiger partial charge in [-0.25, -0.2) is 19.9 Å². The molecule has 250 valence electrons. The van der Waals surface area contributed by atoms with Crippen molar-refractivity contribution in [1.82, 2.24) is 19.9 Å². The van der Waals surface area contributed by atoms with Crippen LogP contribution in [0.4, 0.5) is 0 Å². The zero-order valence-corrected chi connectivity index (χ0v) is 28.3. The van der Waals surface area contributed by atoms with Crippen molar-refractivity contribution in [3.63, 3.8) is 0 Å². The summed E-state index contributed by atoms with van der Waals surface area (Å²) in [5.41, 5.74) is 10.7. The fourth-order valence-electron chi connectivity index (χ4n) is 6.83. The highest BCUT2D eigenvalue weighted by Crippen LogP contribution is 2.39. The van der Waals surface area contributed by atoms with Crippen molar-refractivity contribution in [1.29, 1.82) is 5.41 Å². The van der Waals surface area contributed by atoms with E-state index in [0.29, 0.717) is 28.6 Å². The smallest absolute Gasteiger partial charge is 0.164 e. The molecule has 0 fully saturated rings. The summed E-state index contributed by atoms with van der Waals surface area (Å²) < 4.78 is 0. The lowest BCUT2D eigenvalue weighted by molar-refractivity contribution is 0.320. The molecule has 1 aliphatic carbocycles. The third-order valence-electron chi connectivity index (χ3n) is 9.48. The van der Waals surface area contributed by atoms with Crippen molar-refractivity contribution in [3.05, 3.63) is 180 Å². The van der Waals surface area contributed by atoms with Gasteiger partial charge in [-0.1, -0.05) is 163 Å². The predicted molar refractivity (Wildman–Crippen MR) is 213 cm³/mol. The molecule has 0 saturated carbocycles.